The van der Waals surface area contributed by atoms with Crippen molar-refractivity contribution < 1.29 is 24.1 Å². The maximum Gasteiger partial charge on any atom is 0.286 e. The number of carbonyl (C=O) groups excluding carboxylic acids is 1. The minimum atomic E-state index is -0.518. The molecule has 1 aromatic carbocycles. The summed E-state index contributed by atoms with van der Waals surface area (Å²) in [5, 5.41) is 12.4. The summed E-state index contributed by atoms with van der Waals surface area (Å²) in [6, 6.07) is 8.12. The standard InChI is InChI=1S/C22H31NO5/c1-3-27-22-18(8-5-13-24)19(15-9-11-17(26-2)12-10-15)14-20(28-22)21(25)23-16-6-4-7-16/h9-12,14,16,18-19,22,24H,3-8,13H2,1-2H3,(H,23,25)/t18-,19-,22-/m1/s1. The Labute approximate surface area is 166 Å². The number of nitrogens with one attached hydrogen (secondary N) is 1. The zero-order valence-electron chi connectivity index (χ0n) is 16.7. The molecule has 0 radical (unpaired) electrons. The molecular formula is C22H31NO5. The Kier molecular flexibility index (Phi) is 7.34. The van der Waals surface area contributed by atoms with E-state index < -0.39 is 6.29 Å². The summed E-state index contributed by atoms with van der Waals surface area (Å²) in [5.74, 6) is 0.918. The van der Waals surface area contributed by atoms with E-state index in [1.54, 1.807) is 7.11 Å². The molecular weight excluding hydrogens is 358 g/mol. The van der Waals surface area contributed by atoms with Gasteiger partial charge < -0.3 is 24.6 Å². The molecule has 1 aliphatic carbocycles. The Hall–Kier alpha value is -2.05. The molecule has 2 N–H and O–H groups in total. The number of hydrogen-bond donors (Lipinski definition) is 2. The van der Waals surface area contributed by atoms with Crippen LogP contribution in [0.4, 0.5) is 0 Å². The average molecular weight is 389 g/mol. The number of aliphatic hydroxyl groups is 1. The zero-order chi connectivity index (χ0) is 19.9. The van der Waals surface area contributed by atoms with Crippen LogP contribution >= 0.6 is 0 Å². The van der Waals surface area contributed by atoms with E-state index in [1.807, 2.05) is 37.3 Å². The van der Waals surface area contributed by atoms with E-state index in [-0.39, 0.29) is 30.4 Å². The van der Waals surface area contributed by atoms with Crippen LogP contribution in [0, 0.1) is 5.92 Å². The number of rotatable bonds is 9. The van der Waals surface area contributed by atoms with E-state index in [9.17, 15) is 9.90 Å². The zero-order valence-corrected chi connectivity index (χ0v) is 16.7. The van der Waals surface area contributed by atoms with Gasteiger partial charge in [0.2, 0.25) is 6.29 Å². The fourth-order valence-corrected chi connectivity index (χ4v) is 3.78. The number of aliphatic hydroxyl groups excluding tert-OH is 1. The maximum absolute atomic E-state index is 12.7. The van der Waals surface area contributed by atoms with Gasteiger partial charge >= 0.3 is 0 Å². The summed E-state index contributed by atoms with van der Waals surface area (Å²) >= 11 is 0. The smallest absolute Gasteiger partial charge is 0.286 e. The van der Waals surface area contributed by atoms with Gasteiger partial charge in [-0.05, 0) is 62.8 Å². The van der Waals surface area contributed by atoms with Gasteiger partial charge in [-0.2, -0.15) is 0 Å². The van der Waals surface area contributed by atoms with Gasteiger partial charge in [-0.15, -0.1) is 0 Å². The molecule has 6 nitrogen and oxygen atoms in total. The number of benzene rings is 1. The average Bonchev–Trinajstić information content (AvgIpc) is 2.69. The van der Waals surface area contributed by atoms with Gasteiger partial charge in [-0.3, -0.25) is 4.79 Å². The second-order valence-corrected chi connectivity index (χ2v) is 7.40. The van der Waals surface area contributed by atoms with Crippen molar-refractivity contribution in [2.75, 3.05) is 20.3 Å². The maximum atomic E-state index is 12.7. The molecule has 0 bridgehead atoms. The number of ether oxygens (including phenoxy) is 3. The summed E-state index contributed by atoms with van der Waals surface area (Å²) in [4.78, 5) is 12.7. The van der Waals surface area contributed by atoms with Gasteiger partial charge in [0.1, 0.15) is 5.75 Å². The first-order chi connectivity index (χ1) is 13.7. The summed E-state index contributed by atoms with van der Waals surface area (Å²) in [5.41, 5.74) is 1.07. The second-order valence-electron chi connectivity index (χ2n) is 7.40. The van der Waals surface area contributed by atoms with Crippen LogP contribution in [0.5, 0.6) is 5.75 Å². The molecule has 28 heavy (non-hydrogen) atoms. The topological polar surface area (TPSA) is 77.0 Å². The van der Waals surface area contributed by atoms with Gasteiger partial charge in [0.25, 0.3) is 5.91 Å². The highest BCUT2D eigenvalue weighted by atomic mass is 16.7. The third kappa shape index (κ3) is 4.86. The SMILES string of the molecule is CCO[C@@H]1OC(C(=O)NC2CCC2)=C[C@H](c2ccc(OC)cc2)[C@H]1CCCO. The van der Waals surface area contributed by atoms with Crippen molar-refractivity contribution in [2.24, 2.45) is 5.92 Å². The first-order valence-electron chi connectivity index (χ1n) is 10.2. The number of allylic oxidation sites excluding steroid dienone is 1. The van der Waals surface area contributed by atoms with Gasteiger partial charge in [-0.1, -0.05) is 12.1 Å². The molecule has 0 spiro atoms. The number of hydrogen-bond acceptors (Lipinski definition) is 5. The van der Waals surface area contributed by atoms with Gasteiger partial charge in [0.05, 0.1) is 7.11 Å². The molecule has 1 heterocycles. The first kappa shape index (κ1) is 20.7. The van der Waals surface area contributed by atoms with E-state index in [4.69, 9.17) is 14.2 Å². The first-order valence-corrected chi connectivity index (χ1v) is 10.2. The largest absolute Gasteiger partial charge is 0.497 e. The van der Waals surface area contributed by atoms with Crippen LogP contribution in [0.25, 0.3) is 0 Å². The fraction of sp³-hybridized carbons (Fsp3) is 0.591. The minimum Gasteiger partial charge on any atom is -0.497 e. The van der Waals surface area contributed by atoms with Crippen molar-refractivity contribution in [1.29, 1.82) is 0 Å². The van der Waals surface area contributed by atoms with Crippen LogP contribution < -0.4 is 10.1 Å². The minimum absolute atomic E-state index is 0.0146. The molecule has 3 rings (SSSR count). The summed E-state index contributed by atoms with van der Waals surface area (Å²) < 4.78 is 17.1. The Morgan fingerprint density at radius 3 is 2.61 bits per heavy atom. The Morgan fingerprint density at radius 1 is 1.29 bits per heavy atom. The lowest BCUT2D eigenvalue weighted by atomic mass is 9.80. The lowest BCUT2D eigenvalue weighted by molar-refractivity contribution is -0.167. The molecule has 154 valence electrons. The molecule has 0 unspecified atom stereocenters. The van der Waals surface area contributed by atoms with Crippen LogP contribution in [0.15, 0.2) is 36.1 Å². The molecule has 0 aromatic heterocycles. The lowest BCUT2D eigenvalue weighted by Gasteiger charge is -2.37. The fourth-order valence-electron chi connectivity index (χ4n) is 3.78. The highest BCUT2D eigenvalue weighted by Crippen LogP contribution is 2.40. The van der Waals surface area contributed by atoms with Crippen molar-refractivity contribution in [1.82, 2.24) is 5.32 Å². The van der Waals surface area contributed by atoms with E-state index in [0.29, 0.717) is 18.8 Å². The molecule has 3 atom stereocenters. The van der Waals surface area contributed by atoms with Crippen LogP contribution in [-0.4, -0.2) is 43.7 Å². The summed E-state index contributed by atoms with van der Waals surface area (Å²) in [6.45, 7) is 2.53. The van der Waals surface area contributed by atoms with Crippen molar-refractivity contribution in [3.63, 3.8) is 0 Å². The van der Waals surface area contributed by atoms with Gasteiger partial charge in [0, 0.05) is 31.1 Å². The Morgan fingerprint density at radius 2 is 2.04 bits per heavy atom. The molecule has 1 saturated carbocycles. The van der Waals surface area contributed by atoms with E-state index in [0.717, 1.165) is 37.0 Å². The number of amides is 1. The molecule has 1 aliphatic heterocycles. The van der Waals surface area contributed by atoms with Crippen molar-refractivity contribution in [2.45, 2.75) is 57.3 Å². The lowest BCUT2D eigenvalue weighted by Crippen LogP contribution is -2.43. The van der Waals surface area contributed by atoms with Crippen molar-refractivity contribution in [3.05, 3.63) is 41.7 Å². The molecule has 1 amide bonds. The molecule has 6 heteroatoms. The molecule has 1 aromatic rings. The Bertz CT molecular complexity index is 668. The van der Waals surface area contributed by atoms with Crippen molar-refractivity contribution >= 4 is 5.91 Å². The summed E-state index contributed by atoms with van der Waals surface area (Å²) in [7, 11) is 1.64. The highest BCUT2D eigenvalue weighted by Gasteiger charge is 2.38. The predicted molar refractivity (Wildman–Crippen MR) is 106 cm³/mol. The third-order valence-corrected chi connectivity index (χ3v) is 5.58. The monoisotopic (exact) mass is 389 g/mol. The normalized spacial score (nSPS) is 24.7. The van der Waals surface area contributed by atoms with E-state index in [2.05, 4.69) is 5.32 Å². The van der Waals surface area contributed by atoms with Crippen LogP contribution in [0.3, 0.4) is 0 Å². The second kappa shape index (κ2) is 9.94. The van der Waals surface area contributed by atoms with Crippen molar-refractivity contribution in [3.8, 4) is 5.75 Å². The Balaban J connectivity index is 1.88. The predicted octanol–water partition coefficient (Wildman–Crippen LogP) is 3.11. The van der Waals surface area contributed by atoms with E-state index >= 15 is 0 Å². The number of methoxy groups -OCH3 is 1. The van der Waals surface area contributed by atoms with Crippen LogP contribution in [-0.2, 0) is 14.3 Å². The van der Waals surface area contributed by atoms with E-state index in [1.165, 1.54) is 0 Å². The van der Waals surface area contributed by atoms with Gasteiger partial charge in [-0.25, -0.2) is 0 Å². The quantitative estimate of drug-likeness (QED) is 0.679. The van der Waals surface area contributed by atoms with Gasteiger partial charge in [0.15, 0.2) is 5.76 Å². The van der Waals surface area contributed by atoms with Crippen LogP contribution in [0.1, 0.15) is 50.5 Å². The number of carbonyl (C=O) groups is 1. The molecule has 1 fully saturated rings. The summed E-state index contributed by atoms with van der Waals surface area (Å²) in [6.07, 6.45) is 5.99. The molecule has 0 saturated heterocycles. The van der Waals surface area contributed by atoms with Crippen LogP contribution in [0.2, 0.25) is 0 Å². The highest BCUT2D eigenvalue weighted by molar-refractivity contribution is 5.92. The third-order valence-electron chi connectivity index (χ3n) is 5.58. The molecule has 2 aliphatic rings.